The number of piperidine rings is 2. The van der Waals surface area contributed by atoms with Crippen molar-refractivity contribution in [3.8, 4) is 0 Å². The Kier molecular flexibility index (Phi) is 7.16. The van der Waals surface area contributed by atoms with Crippen LogP contribution in [0.1, 0.15) is 50.4 Å². The second-order valence-corrected chi connectivity index (χ2v) is 12.0. The van der Waals surface area contributed by atoms with E-state index in [9.17, 15) is 8.42 Å². The summed E-state index contributed by atoms with van der Waals surface area (Å²) in [5, 5.41) is 9.92. The smallest absolute Gasteiger partial charge is 0.227 e. The monoisotopic (exact) mass is 523 g/mol. The molecule has 5 heterocycles. The van der Waals surface area contributed by atoms with E-state index in [2.05, 4.69) is 25.5 Å². The molecule has 11 nitrogen and oxygen atoms in total. The third kappa shape index (κ3) is 5.06. The van der Waals surface area contributed by atoms with Gasteiger partial charge in [0.1, 0.15) is 11.8 Å². The van der Waals surface area contributed by atoms with E-state index in [4.69, 9.17) is 9.47 Å². The molecule has 2 aromatic heterocycles. The number of ether oxygens (including phenoxy) is 2. The molecule has 13 heteroatoms. The number of nitrogens with zero attached hydrogens (tertiary/aromatic N) is 5. The van der Waals surface area contributed by atoms with Gasteiger partial charge in [-0.05, 0) is 39.5 Å². The average molecular weight is 524 g/mol. The van der Waals surface area contributed by atoms with Crippen LogP contribution in [-0.4, -0.2) is 83.1 Å². The molecule has 2 bridgehead atoms. The molecular formula is C23H34FN7O4S. The lowest BCUT2D eigenvalue weighted by Crippen LogP contribution is -2.58. The highest BCUT2D eigenvalue weighted by Gasteiger charge is 2.45. The molecule has 0 aromatic carbocycles. The van der Waals surface area contributed by atoms with Crippen LogP contribution in [-0.2, 0) is 26.1 Å². The molecule has 0 radical (unpaired) electrons. The number of aromatic nitrogens is 4. The number of anilines is 3. The summed E-state index contributed by atoms with van der Waals surface area (Å²) in [5.74, 6) is 0.357. The number of aryl methyl sites for hydroxylation is 1. The molecule has 3 atom stereocenters. The van der Waals surface area contributed by atoms with Crippen molar-refractivity contribution in [3.63, 3.8) is 0 Å². The molecule has 0 amide bonds. The van der Waals surface area contributed by atoms with E-state index >= 15 is 4.39 Å². The predicted octanol–water partition coefficient (Wildman–Crippen LogP) is 2.48. The van der Waals surface area contributed by atoms with Crippen molar-refractivity contribution in [2.75, 3.05) is 36.2 Å². The van der Waals surface area contributed by atoms with Crippen LogP contribution in [0.2, 0.25) is 0 Å². The maximum Gasteiger partial charge on any atom is 0.227 e. The molecular weight excluding hydrogens is 489 g/mol. The number of fused-ring (bicyclic) bond motifs is 2. The molecule has 0 saturated carbocycles. The van der Waals surface area contributed by atoms with E-state index in [1.165, 1.54) is 0 Å². The van der Waals surface area contributed by atoms with Crippen LogP contribution in [0.15, 0.2) is 6.07 Å². The quantitative estimate of drug-likeness (QED) is 0.510. The van der Waals surface area contributed by atoms with Gasteiger partial charge in [0, 0.05) is 36.9 Å². The van der Waals surface area contributed by atoms with Gasteiger partial charge >= 0.3 is 0 Å². The minimum atomic E-state index is -3.27. The molecule has 198 valence electrons. The number of halogens is 1. The van der Waals surface area contributed by atoms with Crippen LogP contribution >= 0.6 is 0 Å². The van der Waals surface area contributed by atoms with Crippen LogP contribution < -0.4 is 10.2 Å². The van der Waals surface area contributed by atoms with Crippen molar-refractivity contribution in [1.29, 1.82) is 0 Å². The summed E-state index contributed by atoms with van der Waals surface area (Å²) < 4.78 is 53.6. The first-order valence-electron chi connectivity index (χ1n) is 12.5. The lowest BCUT2D eigenvalue weighted by atomic mass is 9.83. The number of aromatic amines is 1. The standard InChI is InChI=1S/C23H34FN7O4S/c1-4-36(32,33)31-15-6-5-7-16(31)10-17(9-15)30(3)23-25-19(13-35-18-11-34-12-18)21(24)22(27-23)26-20-8-14(2)28-29-20/h8,15-18H,4-7,9-13H2,1-3H3,(H2,25,26,27,28,29)/t15-,16+,17-. The normalized spacial score (nSPS) is 24.9. The van der Waals surface area contributed by atoms with E-state index < -0.39 is 15.8 Å². The van der Waals surface area contributed by atoms with Gasteiger partial charge < -0.3 is 19.7 Å². The summed E-state index contributed by atoms with van der Waals surface area (Å²) in [7, 11) is -1.38. The maximum atomic E-state index is 15.4. The minimum absolute atomic E-state index is 0.00404. The number of hydrogen-bond acceptors (Lipinski definition) is 9. The van der Waals surface area contributed by atoms with E-state index in [0.717, 1.165) is 25.0 Å². The molecule has 36 heavy (non-hydrogen) atoms. The van der Waals surface area contributed by atoms with Gasteiger partial charge in [-0.3, -0.25) is 5.10 Å². The number of nitrogens with one attached hydrogen (secondary N) is 2. The van der Waals surface area contributed by atoms with Crippen LogP contribution in [0.25, 0.3) is 0 Å². The third-order valence-corrected chi connectivity index (χ3v) is 9.32. The van der Waals surface area contributed by atoms with Gasteiger partial charge in [-0.1, -0.05) is 6.42 Å². The number of hydrogen-bond donors (Lipinski definition) is 2. The first-order chi connectivity index (χ1) is 17.2. The van der Waals surface area contributed by atoms with Gasteiger partial charge in [0.05, 0.1) is 25.6 Å². The molecule has 2 aromatic rings. The Morgan fingerprint density at radius 2 is 2.00 bits per heavy atom. The topological polar surface area (TPSA) is 126 Å². The van der Waals surface area contributed by atoms with Gasteiger partial charge in [0.25, 0.3) is 0 Å². The van der Waals surface area contributed by atoms with Crippen LogP contribution in [0.5, 0.6) is 0 Å². The van der Waals surface area contributed by atoms with Crippen molar-refractivity contribution in [2.24, 2.45) is 0 Å². The third-order valence-electron chi connectivity index (χ3n) is 7.36. The SMILES string of the molecule is CCS(=O)(=O)N1[C@@H]2CCC[C@H]1C[C@H](N(C)c1nc(COC3COC3)c(F)c(Nc3cc(C)[nH]n3)n1)C2. The van der Waals surface area contributed by atoms with Crippen LogP contribution in [0.3, 0.4) is 0 Å². The molecule has 0 unspecified atom stereocenters. The molecule has 3 fully saturated rings. The fourth-order valence-electron chi connectivity index (χ4n) is 5.32. The average Bonchev–Trinajstić information content (AvgIpc) is 3.23. The second kappa shape index (κ2) is 10.2. The number of sulfonamides is 1. The zero-order valence-corrected chi connectivity index (χ0v) is 21.7. The first kappa shape index (κ1) is 25.3. The zero-order chi connectivity index (χ0) is 25.4. The van der Waals surface area contributed by atoms with E-state index in [1.807, 2.05) is 18.9 Å². The highest BCUT2D eigenvalue weighted by Crippen LogP contribution is 2.38. The highest BCUT2D eigenvalue weighted by molar-refractivity contribution is 7.89. The van der Waals surface area contributed by atoms with Gasteiger partial charge in [-0.25, -0.2) is 17.8 Å². The fourth-order valence-corrected chi connectivity index (χ4v) is 6.91. The van der Waals surface area contributed by atoms with Gasteiger partial charge in [0.2, 0.25) is 16.0 Å². The van der Waals surface area contributed by atoms with Gasteiger partial charge in [-0.15, -0.1) is 0 Å². The summed E-state index contributed by atoms with van der Waals surface area (Å²) in [5.41, 5.74) is 0.984. The zero-order valence-electron chi connectivity index (χ0n) is 20.9. The maximum absolute atomic E-state index is 15.4. The van der Waals surface area contributed by atoms with E-state index in [-0.39, 0.29) is 48.1 Å². The summed E-state index contributed by atoms with van der Waals surface area (Å²) >= 11 is 0. The van der Waals surface area contributed by atoms with Crippen molar-refractivity contribution in [1.82, 2.24) is 24.5 Å². The van der Waals surface area contributed by atoms with E-state index in [0.29, 0.717) is 37.8 Å². The Hall–Kier alpha value is -2.35. The Morgan fingerprint density at radius 3 is 2.58 bits per heavy atom. The van der Waals surface area contributed by atoms with Crippen LogP contribution in [0, 0.1) is 12.7 Å². The predicted molar refractivity (Wildman–Crippen MR) is 132 cm³/mol. The Morgan fingerprint density at radius 1 is 1.28 bits per heavy atom. The lowest BCUT2D eigenvalue weighted by molar-refractivity contribution is -0.136. The van der Waals surface area contributed by atoms with Crippen molar-refractivity contribution < 1.29 is 22.3 Å². The molecule has 2 N–H and O–H groups in total. The molecule has 0 aliphatic carbocycles. The van der Waals surface area contributed by atoms with Crippen molar-refractivity contribution in [2.45, 2.75) is 76.8 Å². The Balaban J connectivity index is 1.41. The minimum Gasteiger partial charge on any atom is -0.376 e. The number of H-pyrrole nitrogens is 1. The van der Waals surface area contributed by atoms with Gasteiger partial charge in [-0.2, -0.15) is 14.4 Å². The first-order valence-corrected chi connectivity index (χ1v) is 14.1. The summed E-state index contributed by atoms with van der Waals surface area (Å²) in [6, 6.07) is 1.71. The van der Waals surface area contributed by atoms with Crippen molar-refractivity contribution >= 4 is 27.6 Å². The molecule has 0 spiro atoms. The second-order valence-electron chi connectivity index (χ2n) is 9.87. The number of rotatable bonds is 9. The van der Waals surface area contributed by atoms with Crippen molar-refractivity contribution in [3.05, 3.63) is 23.3 Å². The van der Waals surface area contributed by atoms with Gasteiger partial charge in [0.15, 0.2) is 17.5 Å². The lowest BCUT2D eigenvalue weighted by Gasteiger charge is -2.49. The highest BCUT2D eigenvalue weighted by atomic mass is 32.2. The molecule has 5 rings (SSSR count). The van der Waals surface area contributed by atoms with E-state index in [1.54, 1.807) is 17.3 Å². The fraction of sp³-hybridized carbons (Fsp3) is 0.696. The Labute approximate surface area is 210 Å². The summed E-state index contributed by atoms with van der Waals surface area (Å²) in [6.07, 6.45) is 4.00. The molecule has 3 aliphatic heterocycles. The molecule has 3 saturated heterocycles. The molecule has 3 aliphatic rings. The Bertz CT molecular complexity index is 1180. The summed E-state index contributed by atoms with van der Waals surface area (Å²) in [6.45, 7) is 4.52. The van der Waals surface area contributed by atoms with Crippen LogP contribution in [0.4, 0.5) is 22.0 Å². The summed E-state index contributed by atoms with van der Waals surface area (Å²) in [4.78, 5) is 11.0. The largest absolute Gasteiger partial charge is 0.376 e.